The highest BCUT2D eigenvalue weighted by Gasteiger charge is 2.25. The number of carbonyl (C=O) groups excluding carboxylic acids is 1. The van der Waals surface area contributed by atoms with Crippen LogP contribution in [-0.4, -0.2) is 32.1 Å². The average Bonchev–Trinajstić information content (AvgIpc) is 2.69. The summed E-state index contributed by atoms with van der Waals surface area (Å²) < 4.78 is 23.7. The van der Waals surface area contributed by atoms with Gasteiger partial charge in [0.1, 0.15) is 0 Å². The van der Waals surface area contributed by atoms with E-state index < -0.39 is 9.84 Å². The van der Waals surface area contributed by atoms with Gasteiger partial charge in [-0.1, -0.05) is 18.2 Å². The lowest BCUT2D eigenvalue weighted by Crippen LogP contribution is -2.37. The lowest BCUT2D eigenvalue weighted by atomic mass is 9.97. The Hall–Kier alpha value is -2.73. The Bertz CT molecular complexity index is 1230. The fraction of sp³-hybridized carbons (Fsp3) is 0.304. The van der Waals surface area contributed by atoms with Crippen LogP contribution in [0, 0.1) is 13.8 Å². The highest BCUT2D eigenvalue weighted by Crippen LogP contribution is 2.31. The van der Waals surface area contributed by atoms with Crippen molar-refractivity contribution in [3.63, 3.8) is 0 Å². The highest BCUT2D eigenvalue weighted by atomic mass is 32.2. The van der Waals surface area contributed by atoms with Crippen molar-refractivity contribution in [2.24, 2.45) is 0 Å². The first-order chi connectivity index (χ1) is 13.8. The Balaban J connectivity index is 1.68. The first-order valence-corrected chi connectivity index (χ1v) is 11.6. The van der Waals surface area contributed by atoms with Crippen LogP contribution in [0.5, 0.6) is 0 Å². The number of pyridine rings is 1. The van der Waals surface area contributed by atoms with Crippen molar-refractivity contribution in [2.45, 2.75) is 38.0 Å². The van der Waals surface area contributed by atoms with Gasteiger partial charge in [-0.2, -0.15) is 0 Å². The number of sulfone groups is 1. The van der Waals surface area contributed by atoms with E-state index in [-0.39, 0.29) is 12.3 Å². The number of aryl methyl sites for hydroxylation is 3. The third kappa shape index (κ3) is 3.65. The van der Waals surface area contributed by atoms with E-state index in [1.807, 2.05) is 38.1 Å². The highest BCUT2D eigenvalue weighted by molar-refractivity contribution is 7.90. The van der Waals surface area contributed by atoms with Gasteiger partial charge in [-0.3, -0.25) is 9.78 Å². The second-order valence-electron chi connectivity index (χ2n) is 7.71. The van der Waals surface area contributed by atoms with Crippen molar-refractivity contribution < 1.29 is 13.2 Å². The summed E-state index contributed by atoms with van der Waals surface area (Å²) in [5, 5.41) is 1.07. The predicted molar refractivity (Wildman–Crippen MR) is 115 cm³/mol. The number of hydrogen-bond acceptors (Lipinski definition) is 4. The van der Waals surface area contributed by atoms with E-state index >= 15 is 0 Å². The molecule has 0 spiro atoms. The van der Waals surface area contributed by atoms with Crippen LogP contribution < -0.4 is 4.90 Å². The van der Waals surface area contributed by atoms with Crippen LogP contribution in [-0.2, 0) is 27.5 Å². The Morgan fingerprint density at radius 2 is 1.90 bits per heavy atom. The number of hydrogen-bond donors (Lipinski definition) is 0. The molecule has 150 valence electrons. The van der Waals surface area contributed by atoms with Crippen molar-refractivity contribution in [1.82, 2.24) is 4.98 Å². The number of nitrogens with zero attached hydrogens (tertiary/aromatic N) is 2. The maximum absolute atomic E-state index is 13.2. The van der Waals surface area contributed by atoms with Gasteiger partial charge in [-0.25, -0.2) is 8.42 Å². The molecule has 5 nitrogen and oxygen atoms in total. The van der Waals surface area contributed by atoms with Gasteiger partial charge >= 0.3 is 0 Å². The molecule has 29 heavy (non-hydrogen) atoms. The van der Waals surface area contributed by atoms with Gasteiger partial charge in [-0.15, -0.1) is 0 Å². The Kier molecular flexibility index (Phi) is 4.90. The fourth-order valence-corrected chi connectivity index (χ4v) is 4.81. The van der Waals surface area contributed by atoms with E-state index in [1.165, 1.54) is 6.26 Å². The van der Waals surface area contributed by atoms with Gasteiger partial charge in [0.05, 0.1) is 16.8 Å². The summed E-state index contributed by atoms with van der Waals surface area (Å²) >= 11 is 0. The van der Waals surface area contributed by atoms with Crippen LogP contribution in [0.2, 0.25) is 0 Å². The van der Waals surface area contributed by atoms with Crippen LogP contribution in [0.1, 0.15) is 28.8 Å². The molecule has 0 radical (unpaired) electrons. The minimum atomic E-state index is -3.27. The minimum absolute atomic E-state index is 0.0151. The Labute approximate surface area is 171 Å². The lowest BCUT2D eigenvalue weighted by Gasteiger charge is -2.30. The van der Waals surface area contributed by atoms with Crippen molar-refractivity contribution in [3.8, 4) is 0 Å². The van der Waals surface area contributed by atoms with Crippen molar-refractivity contribution in [1.29, 1.82) is 0 Å². The molecule has 0 aliphatic carbocycles. The molecule has 2 aromatic carbocycles. The van der Waals surface area contributed by atoms with Crippen LogP contribution in [0.25, 0.3) is 10.9 Å². The van der Waals surface area contributed by atoms with Crippen LogP contribution in [0.3, 0.4) is 0 Å². The van der Waals surface area contributed by atoms with E-state index in [0.717, 1.165) is 51.8 Å². The predicted octanol–water partition coefficient (Wildman–Crippen LogP) is 3.78. The van der Waals surface area contributed by atoms with Crippen molar-refractivity contribution >= 4 is 32.3 Å². The number of carbonyl (C=O) groups is 1. The van der Waals surface area contributed by atoms with Crippen LogP contribution in [0.4, 0.5) is 5.69 Å². The van der Waals surface area contributed by atoms with E-state index in [4.69, 9.17) is 0 Å². The average molecular weight is 409 g/mol. The number of anilines is 1. The first kappa shape index (κ1) is 19.6. The maximum Gasteiger partial charge on any atom is 0.231 e. The Morgan fingerprint density at radius 3 is 2.66 bits per heavy atom. The molecule has 0 saturated carbocycles. The van der Waals surface area contributed by atoms with E-state index in [0.29, 0.717) is 11.4 Å². The zero-order valence-electron chi connectivity index (χ0n) is 16.9. The standard InChI is InChI=1S/C23H24N2O3S/c1-15-19-8-4-5-9-21(19)24-16(2)20(15)14-23(26)25-12-6-7-17-13-18(29(3,27)28)10-11-22(17)25/h4-5,8-11,13H,6-7,12,14H2,1-3H3. The van der Waals surface area contributed by atoms with Gasteiger partial charge in [0.25, 0.3) is 0 Å². The van der Waals surface area contributed by atoms with Crippen molar-refractivity contribution in [2.75, 3.05) is 17.7 Å². The zero-order valence-corrected chi connectivity index (χ0v) is 17.7. The maximum atomic E-state index is 13.2. The van der Waals surface area contributed by atoms with Gasteiger partial charge in [0.2, 0.25) is 5.91 Å². The largest absolute Gasteiger partial charge is 0.312 e. The van der Waals surface area contributed by atoms with E-state index in [2.05, 4.69) is 4.98 Å². The van der Waals surface area contributed by atoms with Gasteiger partial charge in [-0.05, 0) is 67.6 Å². The van der Waals surface area contributed by atoms with Gasteiger partial charge < -0.3 is 4.90 Å². The van der Waals surface area contributed by atoms with Crippen molar-refractivity contribution in [3.05, 3.63) is 64.8 Å². The van der Waals surface area contributed by atoms with Crippen LogP contribution >= 0.6 is 0 Å². The number of para-hydroxylation sites is 1. The third-order valence-corrected chi connectivity index (χ3v) is 6.82. The monoisotopic (exact) mass is 408 g/mol. The summed E-state index contributed by atoms with van der Waals surface area (Å²) in [6, 6.07) is 13.0. The molecule has 0 bridgehead atoms. The lowest BCUT2D eigenvalue weighted by molar-refractivity contribution is -0.118. The molecular weight excluding hydrogens is 384 g/mol. The number of rotatable bonds is 3. The molecule has 1 amide bonds. The number of amides is 1. The number of aromatic nitrogens is 1. The minimum Gasteiger partial charge on any atom is -0.312 e. The van der Waals surface area contributed by atoms with E-state index in [1.54, 1.807) is 23.1 Å². The SMILES string of the molecule is Cc1nc2ccccc2c(C)c1CC(=O)N1CCCc2cc(S(C)(=O)=O)ccc21. The summed E-state index contributed by atoms with van der Waals surface area (Å²) in [7, 11) is -3.27. The molecule has 0 atom stereocenters. The van der Waals surface area contributed by atoms with Gasteiger partial charge in [0.15, 0.2) is 9.84 Å². The third-order valence-electron chi connectivity index (χ3n) is 5.71. The van der Waals surface area contributed by atoms with E-state index in [9.17, 15) is 13.2 Å². The molecule has 1 aliphatic rings. The smallest absolute Gasteiger partial charge is 0.231 e. The second kappa shape index (κ2) is 7.26. The fourth-order valence-electron chi connectivity index (χ4n) is 4.14. The topological polar surface area (TPSA) is 67.3 Å². The Morgan fingerprint density at radius 1 is 1.14 bits per heavy atom. The summed E-state index contributed by atoms with van der Waals surface area (Å²) in [5.41, 5.74) is 5.60. The quantitative estimate of drug-likeness (QED) is 0.662. The summed E-state index contributed by atoms with van der Waals surface area (Å²) in [6.45, 7) is 4.63. The first-order valence-electron chi connectivity index (χ1n) is 9.74. The number of fused-ring (bicyclic) bond motifs is 2. The molecule has 0 N–H and O–H groups in total. The summed E-state index contributed by atoms with van der Waals surface area (Å²) in [4.78, 5) is 20.0. The summed E-state index contributed by atoms with van der Waals surface area (Å²) in [5.74, 6) is 0.0151. The zero-order chi connectivity index (χ0) is 20.8. The normalized spacial score (nSPS) is 14.1. The molecular formula is C23H24N2O3S. The summed E-state index contributed by atoms with van der Waals surface area (Å²) in [6.07, 6.45) is 3.08. The van der Waals surface area contributed by atoms with Gasteiger partial charge in [0, 0.05) is 29.6 Å². The molecule has 1 aromatic heterocycles. The van der Waals surface area contributed by atoms with Crippen LogP contribution in [0.15, 0.2) is 47.4 Å². The molecule has 4 rings (SSSR count). The molecule has 0 fully saturated rings. The number of benzene rings is 2. The molecule has 3 aromatic rings. The molecule has 0 unspecified atom stereocenters. The molecule has 2 heterocycles. The molecule has 6 heteroatoms. The molecule has 1 aliphatic heterocycles. The molecule has 0 saturated heterocycles. The second-order valence-corrected chi connectivity index (χ2v) is 9.72.